The van der Waals surface area contributed by atoms with E-state index in [1.165, 1.54) is 0 Å². The Morgan fingerprint density at radius 1 is 1.24 bits per heavy atom. The van der Waals surface area contributed by atoms with Crippen LogP contribution in [0.4, 0.5) is 5.69 Å². The minimum Gasteiger partial charge on any atom is -0.462 e. The molecule has 4 nitrogen and oxygen atoms in total. The SMILES string of the molecule is CCCCOC(=O)c1ccc(NC(=O)C(C)(C)CCl)cc1. The molecule has 0 fully saturated rings. The van der Waals surface area contributed by atoms with Gasteiger partial charge < -0.3 is 10.1 Å². The molecule has 0 unspecified atom stereocenters. The molecule has 1 aromatic rings. The topological polar surface area (TPSA) is 55.4 Å². The number of carbonyl (C=O) groups is 2. The number of nitrogens with one attached hydrogen (secondary N) is 1. The highest BCUT2D eigenvalue weighted by Crippen LogP contribution is 2.20. The highest BCUT2D eigenvalue weighted by Gasteiger charge is 2.26. The summed E-state index contributed by atoms with van der Waals surface area (Å²) in [6.07, 6.45) is 1.84. The monoisotopic (exact) mass is 311 g/mol. The molecule has 1 N–H and O–H groups in total. The molecule has 0 heterocycles. The summed E-state index contributed by atoms with van der Waals surface area (Å²) in [6.45, 7) is 6.01. The Bertz CT molecular complexity index is 483. The van der Waals surface area contributed by atoms with E-state index in [1.54, 1.807) is 38.1 Å². The molecule has 5 heteroatoms. The fraction of sp³-hybridized carbons (Fsp3) is 0.500. The van der Waals surface area contributed by atoms with Crippen molar-refractivity contribution in [2.45, 2.75) is 33.6 Å². The molecule has 21 heavy (non-hydrogen) atoms. The molecule has 0 aliphatic heterocycles. The molecule has 1 amide bonds. The van der Waals surface area contributed by atoms with Gasteiger partial charge in [-0.15, -0.1) is 11.6 Å². The number of alkyl halides is 1. The zero-order valence-electron chi connectivity index (χ0n) is 12.7. The van der Waals surface area contributed by atoms with E-state index in [0.717, 1.165) is 12.8 Å². The first-order valence-corrected chi connectivity index (χ1v) is 7.58. The second kappa shape index (κ2) is 8.03. The van der Waals surface area contributed by atoms with Crippen molar-refractivity contribution in [2.75, 3.05) is 17.8 Å². The molecular weight excluding hydrogens is 290 g/mol. The quantitative estimate of drug-likeness (QED) is 0.473. The van der Waals surface area contributed by atoms with Crippen LogP contribution in [0.2, 0.25) is 0 Å². The van der Waals surface area contributed by atoms with Crippen molar-refractivity contribution >= 4 is 29.2 Å². The van der Waals surface area contributed by atoms with Gasteiger partial charge in [-0.3, -0.25) is 4.79 Å². The Balaban J connectivity index is 2.62. The number of amides is 1. The predicted octanol–water partition coefficient (Wildman–Crippen LogP) is 3.85. The van der Waals surface area contributed by atoms with Gasteiger partial charge in [0.25, 0.3) is 0 Å². The summed E-state index contributed by atoms with van der Waals surface area (Å²) in [5, 5.41) is 2.78. The van der Waals surface area contributed by atoms with Crippen LogP contribution in [0, 0.1) is 5.41 Å². The van der Waals surface area contributed by atoms with Crippen LogP contribution in [0.15, 0.2) is 24.3 Å². The van der Waals surface area contributed by atoms with Gasteiger partial charge in [-0.1, -0.05) is 13.3 Å². The van der Waals surface area contributed by atoms with E-state index in [9.17, 15) is 9.59 Å². The molecule has 0 aliphatic rings. The van der Waals surface area contributed by atoms with Crippen molar-refractivity contribution in [3.63, 3.8) is 0 Å². The summed E-state index contributed by atoms with van der Waals surface area (Å²) in [4.78, 5) is 23.7. The summed E-state index contributed by atoms with van der Waals surface area (Å²) in [6, 6.07) is 6.63. The highest BCUT2D eigenvalue weighted by molar-refractivity contribution is 6.20. The molecule has 0 aliphatic carbocycles. The van der Waals surface area contributed by atoms with Gasteiger partial charge in [0.1, 0.15) is 0 Å². The second-order valence-corrected chi connectivity index (χ2v) is 5.81. The van der Waals surface area contributed by atoms with Crippen molar-refractivity contribution in [3.8, 4) is 0 Å². The number of anilines is 1. The van der Waals surface area contributed by atoms with Crippen molar-refractivity contribution in [1.29, 1.82) is 0 Å². The highest BCUT2D eigenvalue weighted by atomic mass is 35.5. The van der Waals surface area contributed by atoms with Gasteiger partial charge in [-0.05, 0) is 44.5 Å². The van der Waals surface area contributed by atoms with Gasteiger partial charge in [-0.2, -0.15) is 0 Å². The summed E-state index contributed by atoms with van der Waals surface area (Å²) in [5.74, 6) is -0.265. The van der Waals surface area contributed by atoms with Crippen LogP contribution in [0.5, 0.6) is 0 Å². The van der Waals surface area contributed by atoms with Crippen LogP contribution in [-0.4, -0.2) is 24.4 Å². The first-order chi connectivity index (χ1) is 9.90. The van der Waals surface area contributed by atoms with Gasteiger partial charge in [0.2, 0.25) is 5.91 Å². The molecule has 0 saturated carbocycles. The first kappa shape index (κ1) is 17.5. The molecule has 0 bridgehead atoms. The largest absolute Gasteiger partial charge is 0.462 e. The third kappa shape index (κ3) is 5.38. The molecule has 0 radical (unpaired) electrons. The van der Waals surface area contributed by atoms with E-state index in [4.69, 9.17) is 16.3 Å². The van der Waals surface area contributed by atoms with E-state index in [0.29, 0.717) is 17.9 Å². The lowest BCUT2D eigenvalue weighted by molar-refractivity contribution is -0.122. The Hall–Kier alpha value is -1.55. The minimum atomic E-state index is -0.640. The molecule has 116 valence electrons. The van der Waals surface area contributed by atoms with Crippen LogP contribution in [0.1, 0.15) is 44.0 Å². The summed E-state index contributed by atoms with van der Waals surface area (Å²) in [7, 11) is 0. The van der Waals surface area contributed by atoms with Crippen LogP contribution < -0.4 is 5.32 Å². The zero-order valence-corrected chi connectivity index (χ0v) is 13.5. The Kier molecular flexibility index (Phi) is 6.69. The molecule has 1 rings (SSSR count). The third-order valence-corrected chi connectivity index (χ3v) is 3.73. The maximum Gasteiger partial charge on any atom is 0.338 e. The fourth-order valence-corrected chi connectivity index (χ4v) is 1.56. The van der Waals surface area contributed by atoms with Crippen molar-refractivity contribution in [3.05, 3.63) is 29.8 Å². The van der Waals surface area contributed by atoms with Crippen LogP contribution in [-0.2, 0) is 9.53 Å². The average molecular weight is 312 g/mol. The van der Waals surface area contributed by atoms with Crippen molar-refractivity contribution in [1.82, 2.24) is 0 Å². The molecular formula is C16H22ClNO3. The average Bonchev–Trinajstić information content (AvgIpc) is 2.48. The Morgan fingerprint density at radius 3 is 2.38 bits per heavy atom. The number of ether oxygens (including phenoxy) is 1. The lowest BCUT2D eigenvalue weighted by Crippen LogP contribution is -2.32. The van der Waals surface area contributed by atoms with Crippen LogP contribution in [0.25, 0.3) is 0 Å². The molecule has 1 aromatic carbocycles. The number of esters is 1. The van der Waals surface area contributed by atoms with E-state index < -0.39 is 5.41 Å². The first-order valence-electron chi connectivity index (χ1n) is 7.05. The summed E-state index contributed by atoms with van der Waals surface area (Å²) < 4.78 is 5.12. The van der Waals surface area contributed by atoms with Crippen LogP contribution >= 0.6 is 11.6 Å². The van der Waals surface area contributed by atoms with Crippen molar-refractivity contribution < 1.29 is 14.3 Å². The summed E-state index contributed by atoms with van der Waals surface area (Å²) >= 11 is 5.76. The maximum absolute atomic E-state index is 12.0. The molecule has 0 saturated heterocycles. The number of benzene rings is 1. The lowest BCUT2D eigenvalue weighted by atomic mass is 9.95. The standard InChI is InChI=1S/C16H22ClNO3/c1-4-5-10-21-14(19)12-6-8-13(9-7-12)18-15(20)16(2,3)11-17/h6-9H,4-5,10-11H2,1-3H3,(H,18,20). The van der Waals surface area contributed by atoms with Gasteiger partial charge in [-0.25, -0.2) is 4.79 Å². The number of unbranched alkanes of at least 4 members (excludes halogenated alkanes) is 1. The van der Waals surface area contributed by atoms with Gasteiger partial charge >= 0.3 is 5.97 Å². The van der Waals surface area contributed by atoms with Gasteiger partial charge in [0, 0.05) is 11.6 Å². The zero-order chi connectivity index (χ0) is 15.9. The van der Waals surface area contributed by atoms with E-state index in [1.807, 2.05) is 6.92 Å². The third-order valence-electron chi connectivity index (χ3n) is 3.06. The molecule has 0 spiro atoms. The smallest absolute Gasteiger partial charge is 0.338 e. The van der Waals surface area contributed by atoms with E-state index in [-0.39, 0.29) is 17.8 Å². The molecule has 0 atom stereocenters. The number of rotatable bonds is 7. The van der Waals surface area contributed by atoms with Gasteiger partial charge in [0.15, 0.2) is 0 Å². The lowest BCUT2D eigenvalue weighted by Gasteiger charge is -2.20. The molecule has 0 aromatic heterocycles. The van der Waals surface area contributed by atoms with E-state index >= 15 is 0 Å². The predicted molar refractivity (Wildman–Crippen MR) is 84.8 cm³/mol. The fourth-order valence-electron chi connectivity index (χ4n) is 1.44. The number of hydrogen-bond donors (Lipinski definition) is 1. The van der Waals surface area contributed by atoms with E-state index in [2.05, 4.69) is 5.32 Å². The second-order valence-electron chi connectivity index (χ2n) is 5.54. The summed E-state index contributed by atoms with van der Waals surface area (Å²) in [5.41, 5.74) is 0.461. The minimum absolute atomic E-state index is 0.157. The number of carbonyl (C=O) groups excluding carboxylic acids is 2. The number of halogens is 1. The normalized spacial score (nSPS) is 11.0. The Morgan fingerprint density at radius 2 is 1.86 bits per heavy atom. The van der Waals surface area contributed by atoms with Gasteiger partial charge in [0.05, 0.1) is 17.6 Å². The van der Waals surface area contributed by atoms with Crippen LogP contribution in [0.3, 0.4) is 0 Å². The number of hydrogen-bond acceptors (Lipinski definition) is 3. The maximum atomic E-state index is 12.0. The Labute approximate surface area is 130 Å². The van der Waals surface area contributed by atoms with Crippen molar-refractivity contribution in [2.24, 2.45) is 5.41 Å².